The van der Waals surface area contributed by atoms with Crippen molar-refractivity contribution >= 4 is 74.4 Å². The van der Waals surface area contributed by atoms with Gasteiger partial charge in [-0.15, -0.1) is 11.8 Å². The quantitative estimate of drug-likeness (QED) is 0.106. The van der Waals surface area contributed by atoms with Crippen molar-refractivity contribution in [2.75, 3.05) is 16.4 Å². The van der Waals surface area contributed by atoms with Gasteiger partial charge in [0.1, 0.15) is 5.70 Å². The van der Waals surface area contributed by atoms with E-state index in [-0.39, 0.29) is 45.7 Å². The minimum absolute atomic E-state index is 0.00163. The summed E-state index contributed by atoms with van der Waals surface area (Å²) in [6, 6.07) is 34.3. The van der Waals surface area contributed by atoms with Crippen LogP contribution in [0.15, 0.2) is 136 Å². The molecule has 0 aromatic heterocycles. The molecule has 0 fully saturated rings. The van der Waals surface area contributed by atoms with Gasteiger partial charge in [0.05, 0.1) is 17.0 Å². The molecule has 0 spiro atoms. The minimum Gasteiger partial charge on any atom is -0.325 e. The van der Waals surface area contributed by atoms with E-state index < -0.39 is 11.8 Å². The number of hydrogen-bond donors (Lipinski definition) is 3. The first-order chi connectivity index (χ1) is 23.3. The third-order valence-corrected chi connectivity index (χ3v) is 8.92. The molecule has 5 aromatic rings. The van der Waals surface area contributed by atoms with Gasteiger partial charge < -0.3 is 16.0 Å². The first kappa shape index (κ1) is 32.4. The summed E-state index contributed by atoms with van der Waals surface area (Å²) in [6.45, 7) is 0. The molecule has 0 heterocycles. The normalized spacial score (nSPS) is 12.1. The number of rotatable bonds is 9. The van der Waals surface area contributed by atoms with Gasteiger partial charge in [0.2, 0.25) is 5.91 Å². The van der Waals surface area contributed by atoms with Crippen LogP contribution < -0.4 is 16.0 Å². The lowest BCUT2D eigenvalue weighted by Crippen LogP contribution is -2.30. The number of anilines is 2. The number of amides is 3. The molecule has 3 N–H and O–H groups in total. The second-order valence-electron chi connectivity index (χ2n) is 10.7. The van der Waals surface area contributed by atoms with Crippen LogP contribution in [0.25, 0.3) is 6.08 Å². The second-order valence-corrected chi connectivity index (χ2v) is 12.6. The lowest BCUT2D eigenvalue weighted by molar-refractivity contribution is -0.114. The molecule has 0 aliphatic heterocycles. The van der Waals surface area contributed by atoms with Gasteiger partial charge in [-0.1, -0.05) is 88.7 Å². The Morgan fingerprint density at radius 2 is 1.35 bits per heavy atom. The molecule has 0 atom stereocenters. The molecule has 1 aliphatic carbocycles. The number of nitrogens with one attached hydrogen (secondary N) is 3. The summed E-state index contributed by atoms with van der Waals surface area (Å²) < 4.78 is 0.875. The number of halogens is 1. The monoisotopic (exact) mass is 715 g/mol. The largest absolute Gasteiger partial charge is 0.325 e. The molecule has 5 aromatic carbocycles. The summed E-state index contributed by atoms with van der Waals surface area (Å²) >= 11 is 4.64. The zero-order valence-corrected chi connectivity index (χ0v) is 27.6. The third-order valence-electron chi connectivity index (χ3n) is 7.40. The number of carbonyl (C=O) groups is 5. The summed E-state index contributed by atoms with van der Waals surface area (Å²) in [7, 11) is 0. The standard InChI is InChI=1S/C38H26BrN3O5S/c39-25-18-16-23(17-19-25)20-32(42-37(46)24-8-2-1-3-9-24)38(47)40-26-10-6-11-27(21-26)48-22-33(43)41-31-15-7-14-30-34(31)36(45)29-13-5-4-12-28(29)35(30)44/h1-21H,22H2,(H,40,47)(H,41,43)(H,42,46)/b32-20+. The Hall–Kier alpha value is -5.58. The molecular formula is C38H26BrN3O5S. The van der Waals surface area contributed by atoms with Crippen LogP contribution in [-0.4, -0.2) is 35.0 Å². The average Bonchev–Trinajstić information content (AvgIpc) is 3.11. The Balaban J connectivity index is 1.13. The van der Waals surface area contributed by atoms with Gasteiger partial charge in [-0.05, 0) is 60.2 Å². The molecule has 0 bridgehead atoms. The van der Waals surface area contributed by atoms with Crippen molar-refractivity contribution in [3.63, 3.8) is 0 Å². The van der Waals surface area contributed by atoms with E-state index in [2.05, 4.69) is 31.9 Å². The predicted molar refractivity (Wildman–Crippen MR) is 190 cm³/mol. The van der Waals surface area contributed by atoms with Gasteiger partial charge in [-0.3, -0.25) is 24.0 Å². The van der Waals surface area contributed by atoms with Crippen molar-refractivity contribution in [2.45, 2.75) is 4.90 Å². The third kappa shape index (κ3) is 7.35. The van der Waals surface area contributed by atoms with Crippen molar-refractivity contribution in [3.8, 4) is 0 Å². The number of hydrogen-bond acceptors (Lipinski definition) is 6. The van der Waals surface area contributed by atoms with Gasteiger partial charge in [-0.25, -0.2) is 0 Å². The van der Waals surface area contributed by atoms with Crippen molar-refractivity contribution in [1.29, 1.82) is 0 Å². The van der Waals surface area contributed by atoms with E-state index in [1.165, 1.54) is 11.8 Å². The SMILES string of the molecule is O=C(CSc1cccc(NC(=O)/C(=C\c2ccc(Br)cc2)NC(=O)c2ccccc2)c1)Nc1cccc2c1C(=O)c1ccccc1C2=O. The van der Waals surface area contributed by atoms with Crippen LogP contribution >= 0.6 is 27.7 Å². The number of fused-ring (bicyclic) bond motifs is 2. The smallest absolute Gasteiger partial charge is 0.272 e. The molecular weight excluding hydrogens is 690 g/mol. The maximum Gasteiger partial charge on any atom is 0.272 e. The lowest BCUT2D eigenvalue weighted by Gasteiger charge is -2.20. The van der Waals surface area contributed by atoms with E-state index in [0.29, 0.717) is 32.8 Å². The molecule has 6 rings (SSSR count). The van der Waals surface area contributed by atoms with Crippen molar-refractivity contribution in [1.82, 2.24) is 5.32 Å². The summed E-state index contributed by atoms with van der Waals surface area (Å²) in [4.78, 5) is 66.4. The van der Waals surface area contributed by atoms with E-state index in [9.17, 15) is 24.0 Å². The maximum atomic E-state index is 13.4. The highest BCUT2D eigenvalue weighted by molar-refractivity contribution is 9.10. The van der Waals surface area contributed by atoms with Crippen LogP contribution in [-0.2, 0) is 9.59 Å². The molecule has 1 aliphatic rings. The fourth-order valence-corrected chi connectivity index (χ4v) is 6.13. The molecule has 48 heavy (non-hydrogen) atoms. The molecule has 10 heteroatoms. The number of carbonyl (C=O) groups excluding carboxylic acids is 5. The van der Waals surface area contributed by atoms with Gasteiger partial charge >= 0.3 is 0 Å². The molecule has 236 valence electrons. The van der Waals surface area contributed by atoms with Gasteiger partial charge in [0, 0.05) is 37.3 Å². The van der Waals surface area contributed by atoms with E-state index in [4.69, 9.17) is 0 Å². The van der Waals surface area contributed by atoms with Gasteiger partial charge in [0.25, 0.3) is 11.8 Å². The number of benzene rings is 5. The summed E-state index contributed by atoms with van der Waals surface area (Å²) in [5.74, 6) is -1.91. The van der Waals surface area contributed by atoms with Crippen LogP contribution in [0.5, 0.6) is 0 Å². The van der Waals surface area contributed by atoms with Crippen LogP contribution in [0.3, 0.4) is 0 Å². The van der Waals surface area contributed by atoms with Crippen molar-refractivity contribution < 1.29 is 24.0 Å². The second kappa shape index (κ2) is 14.5. The van der Waals surface area contributed by atoms with E-state index in [1.54, 1.807) is 103 Å². The fraction of sp³-hybridized carbons (Fsp3) is 0.0263. The first-order valence-electron chi connectivity index (χ1n) is 14.8. The van der Waals surface area contributed by atoms with Crippen LogP contribution in [0, 0.1) is 0 Å². The Morgan fingerprint density at radius 1 is 0.688 bits per heavy atom. The summed E-state index contributed by atoms with van der Waals surface area (Å²) in [6.07, 6.45) is 1.59. The number of ketones is 2. The molecule has 8 nitrogen and oxygen atoms in total. The topological polar surface area (TPSA) is 121 Å². The molecule has 0 saturated carbocycles. The van der Waals surface area contributed by atoms with Crippen molar-refractivity contribution in [2.24, 2.45) is 0 Å². The van der Waals surface area contributed by atoms with E-state index in [1.807, 2.05) is 24.3 Å². The van der Waals surface area contributed by atoms with Crippen molar-refractivity contribution in [3.05, 3.63) is 165 Å². The Kier molecular flexibility index (Phi) is 9.75. The summed E-state index contributed by atoms with van der Waals surface area (Å²) in [5, 5.41) is 8.35. The first-order valence-corrected chi connectivity index (χ1v) is 16.5. The van der Waals surface area contributed by atoms with Crippen LogP contribution in [0.4, 0.5) is 11.4 Å². The zero-order chi connectivity index (χ0) is 33.6. The van der Waals surface area contributed by atoms with Crippen LogP contribution in [0.1, 0.15) is 47.8 Å². The summed E-state index contributed by atoms with van der Waals surface area (Å²) in [5.41, 5.74) is 2.97. The predicted octanol–water partition coefficient (Wildman–Crippen LogP) is 7.36. The van der Waals surface area contributed by atoms with E-state index >= 15 is 0 Å². The Bertz CT molecular complexity index is 2110. The van der Waals surface area contributed by atoms with E-state index in [0.717, 1.165) is 4.47 Å². The highest BCUT2D eigenvalue weighted by atomic mass is 79.9. The molecule has 0 radical (unpaired) electrons. The highest BCUT2D eigenvalue weighted by Gasteiger charge is 2.31. The van der Waals surface area contributed by atoms with Gasteiger partial charge in [0.15, 0.2) is 11.6 Å². The lowest BCUT2D eigenvalue weighted by atomic mass is 9.83. The molecule has 3 amide bonds. The minimum atomic E-state index is -0.531. The van der Waals surface area contributed by atoms with Gasteiger partial charge in [-0.2, -0.15) is 0 Å². The molecule has 0 unspecified atom stereocenters. The maximum absolute atomic E-state index is 13.4. The highest BCUT2D eigenvalue weighted by Crippen LogP contribution is 2.32. The number of thioether (sulfide) groups is 1. The van der Waals surface area contributed by atoms with Crippen LogP contribution in [0.2, 0.25) is 0 Å². The Morgan fingerprint density at radius 3 is 2.10 bits per heavy atom. The Labute approximate surface area is 288 Å². The molecule has 0 saturated heterocycles. The average molecular weight is 717 g/mol. The fourth-order valence-electron chi connectivity index (χ4n) is 5.11. The zero-order valence-electron chi connectivity index (χ0n) is 25.2.